The third-order valence-electron chi connectivity index (χ3n) is 2.14. The van der Waals surface area contributed by atoms with Gasteiger partial charge in [0.15, 0.2) is 6.29 Å². The first-order chi connectivity index (χ1) is 6.93. The molecule has 7 nitrogen and oxygen atoms in total. The normalized spacial score (nSPS) is 41.3. The summed E-state index contributed by atoms with van der Waals surface area (Å²) in [5, 5.41) is 36.9. The minimum atomic E-state index is -1.61. The molecule has 88 valence electrons. The summed E-state index contributed by atoms with van der Waals surface area (Å²) < 4.78 is 9.31. The van der Waals surface area contributed by atoms with Crippen LogP contribution >= 0.6 is 0 Å². The zero-order chi connectivity index (χ0) is 11.6. The standard InChI is InChI=1S/C8H14O7/c1-3(9)14-2-4-5(10)6(11)7(12)8(13)15-4/h4-8,10-13H,2H2,1H3/t4-,5-,6+,7+,8+/m1/s1. The van der Waals surface area contributed by atoms with E-state index in [0.717, 1.165) is 0 Å². The summed E-state index contributed by atoms with van der Waals surface area (Å²) in [5.41, 5.74) is 0. The smallest absolute Gasteiger partial charge is 0.302 e. The minimum Gasteiger partial charge on any atom is -0.463 e. The van der Waals surface area contributed by atoms with Crippen molar-refractivity contribution in [3.63, 3.8) is 0 Å². The number of carbonyl (C=O) groups excluding carboxylic acids is 1. The Bertz CT molecular complexity index is 231. The van der Waals surface area contributed by atoms with Crippen LogP contribution in [0, 0.1) is 0 Å². The van der Waals surface area contributed by atoms with Gasteiger partial charge in [-0.3, -0.25) is 4.79 Å². The second kappa shape index (κ2) is 4.86. The molecule has 1 heterocycles. The number of hydrogen-bond donors (Lipinski definition) is 4. The van der Waals surface area contributed by atoms with Crippen molar-refractivity contribution in [1.29, 1.82) is 0 Å². The number of aliphatic hydroxyl groups is 4. The van der Waals surface area contributed by atoms with Crippen LogP contribution in [-0.4, -0.2) is 63.7 Å². The van der Waals surface area contributed by atoms with Crippen LogP contribution in [0.5, 0.6) is 0 Å². The summed E-state index contributed by atoms with van der Waals surface area (Å²) in [7, 11) is 0. The predicted octanol–water partition coefficient (Wildman–Crippen LogP) is -2.65. The molecule has 5 atom stereocenters. The highest BCUT2D eigenvalue weighted by molar-refractivity contribution is 5.65. The van der Waals surface area contributed by atoms with Crippen LogP contribution in [0.4, 0.5) is 0 Å². The van der Waals surface area contributed by atoms with Crippen LogP contribution in [0.15, 0.2) is 0 Å². The van der Waals surface area contributed by atoms with E-state index < -0.39 is 36.7 Å². The highest BCUT2D eigenvalue weighted by Gasteiger charge is 2.43. The Kier molecular flexibility index (Phi) is 4.00. The number of rotatable bonds is 2. The Labute approximate surface area is 85.9 Å². The van der Waals surface area contributed by atoms with E-state index in [1.165, 1.54) is 6.92 Å². The molecule has 15 heavy (non-hydrogen) atoms. The van der Waals surface area contributed by atoms with Crippen LogP contribution < -0.4 is 0 Å². The molecule has 4 N–H and O–H groups in total. The lowest BCUT2D eigenvalue weighted by molar-refractivity contribution is -0.287. The third-order valence-corrected chi connectivity index (χ3v) is 2.14. The fraction of sp³-hybridized carbons (Fsp3) is 0.875. The van der Waals surface area contributed by atoms with Crippen molar-refractivity contribution in [2.75, 3.05) is 6.61 Å². The molecule has 1 fully saturated rings. The average molecular weight is 222 g/mol. The van der Waals surface area contributed by atoms with Gasteiger partial charge in [-0.2, -0.15) is 0 Å². The zero-order valence-electron chi connectivity index (χ0n) is 8.11. The van der Waals surface area contributed by atoms with Crippen LogP contribution in [0.2, 0.25) is 0 Å². The lowest BCUT2D eigenvalue weighted by Crippen LogP contribution is -2.58. The Morgan fingerprint density at radius 2 is 1.80 bits per heavy atom. The van der Waals surface area contributed by atoms with Gasteiger partial charge in [0.05, 0.1) is 0 Å². The Hall–Kier alpha value is -0.730. The Morgan fingerprint density at radius 3 is 2.33 bits per heavy atom. The summed E-state index contributed by atoms with van der Waals surface area (Å²) in [6, 6.07) is 0. The Morgan fingerprint density at radius 1 is 1.20 bits per heavy atom. The Balaban J connectivity index is 2.54. The molecule has 0 spiro atoms. The number of esters is 1. The van der Waals surface area contributed by atoms with E-state index in [1.807, 2.05) is 0 Å². The molecule has 1 aliphatic heterocycles. The highest BCUT2D eigenvalue weighted by Crippen LogP contribution is 2.19. The van der Waals surface area contributed by atoms with Gasteiger partial charge < -0.3 is 29.9 Å². The maximum atomic E-state index is 10.5. The molecule has 0 unspecified atom stereocenters. The summed E-state index contributed by atoms with van der Waals surface area (Å²) in [6.45, 7) is 0.883. The number of aliphatic hydroxyl groups excluding tert-OH is 4. The molecular weight excluding hydrogens is 208 g/mol. The van der Waals surface area contributed by atoms with Gasteiger partial charge >= 0.3 is 5.97 Å². The molecule has 0 aliphatic carbocycles. The van der Waals surface area contributed by atoms with Gasteiger partial charge in [0, 0.05) is 6.92 Å². The van der Waals surface area contributed by atoms with Crippen molar-refractivity contribution in [3.8, 4) is 0 Å². The van der Waals surface area contributed by atoms with Crippen molar-refractivity contribution >= 4 is 5.97 Å². The van der Waals surface area contributed by atoms with E-state index >= 15 is 0 Å². The molecule has 0 aromatic rings. The number of carbonyl (C=O) groups is 1. The molecule has 7 heteroatoms. The molecular formula is C8H14O7. The minimum absolute atomic E-state index is 0.294. The largest absolute Gasteiger partial charge is 0.463 e. The quantitative estimate of drug-likeness (QED) is 0.377. The van der Waals surface area contributed by atoms with Gasteiger partial charge in [0.2, 0.25) is 0 Å². The van der Waals surface area contributed by atoms with Crippen molar-refractivity contribution in [1.82, 2.24) is 0 Å². The van der Waals surface area contributed by atoms with E-state index in [-0.39, 0.29) is 6.61 Å². The van der Waals surface area contributed by atoms with Crippen LogP contribution in [0.3, 0.4) is 0 Å². The SMILES string of the molecule is CC(=O)OC[C@H]1O[C@H](O)[C@@H](O)[C@@H](O)[C@@H]1O. The van der Waals surface area contributed by atoms with Crippen molar-refractivity contribution in [2.45, 2.75) is 37.6 Å². The van der Waals surface area contributed by atoms with E-state index in [1.54, 1.807) is 0 Å². The topological polar surface area (TPSA) is 116 Å². The first-order valence-electron chi connectivity index (χ1n) is 4.44. The van der Waals surface area contributed by atoms with E-state index in [9.17, 15) is 15.0 Å². The molecule has 0 aromatic carbocycles. The van der Waals surface area contributed by atoms with Gasteiger partial charge in [-0.25, -0.2) is 0 Å². The molecule has 1 rings (SSSR count). The van der Waals surface area contributed by atoms with Gasteiger partial charge in [0.25, 0.3) is 0 Å². The van der Waals surface area contributed by atoms with Crippen molar-refractivity contribution in [3.05, 3.63) is 0 Å². The predicted molar refractivity (Wildman–Crippen MR) is 45.5 cm³/mol. The van der Waals surface area contributed by atoms with Gasteiger partial charge in [-0.05, 0) is 0 Å². The molecule has 1 aliphatic rings. The number of ether oxygens (including phenoxy) is 2. The third kappa shape index (κ3) is 2.86. The second-order valence-corrected chi connectivity index (χ2v) is 3.34. The molecule has 0 aromatic heterocycles. The maximum Gasteiger partial charge on any atom is 0.302 e. The van der Waals surface area contributed by atoms with Gasteiger partial charge in [0.1, 0.15) is 31.0 Å². The zero-order valence-corrected chi connectivity index (χ0v) is 8.11. The first-order valence-corrected chi connectivity index (χ1v) is 4.44. The fourth-order valence-corrected chi connectivity index (χ4v) is 1.27. The van der Waals surface area contributed by atoms with Crippen LogP contribution in [-0.2, 0) is 14.3 Å². The monoisotopic (exact) mass is 222 g/mol. The lowest BCUT2D eigenvalue weighted by atomic mass is 9.99. The molecule has 0 saturated carbocycles. The highest BCUT2D eigenvalue weighted by atomic mass is 16.6. The maximum absolute atomic E-state index is 10.5. The van der Waals surface area contributed by atoms with Crippen molar-refractivity contribution < 1.29 is 34.7 Å². The molecule has 0 amide bonds. The second-order valence-electron chi connectivity index (χ2n) is 3.34. The number of hydrogen-bond acceptors (Lipinski definition) is 7. The summed E-state index contributed by atoms with van der Waals surface area (Å²) in [5.74, 6) is -0.569. The van der Waals surface area contributed by atoms with Crippen molar-refractivity contribution in [2.24, 2.45) is 0 Å². The summed E-state index contributed by atoms with van der Waals surface area (Å²) in [6.07, 6.45) is -7.18. The average Bonchev–Trinajstić information content (AvgIpc) is 2.18. The lowest BCUT2D eigenvalue weighted by Gasteiger charge is -2.37. The summed E-state index contributed by atoms with van der Waals surface area (Å²) in [4.78, 5) is 10.5. The van der Waals surface area contributed by atoms with E-state index in [4.69, 9.17) is 14.9 Å². The van der Waals surface area contributed by atoms with Crippen LogP contribution in [0.1, 0.15) is 6.92 Å². The fourth-order valence-electron chi connectivity index (χ4n) is 1.27. The van der Waals surface area contributed by atoms with Crippen LogP contribution in [0.25, 0.3) is 0 Å². The van der Waals surface area contributed by atoms with Gasteiger partial charge in [-0.15, -0.1) is 0 Å². The molecule has 0 radical (unpaired) electrons. The summed E-state index contributed by atoms with van der Waals surface area (Å²) >= 11 is 0. The van der Waals surface area contributed by atoms with Gasteiger partial charge in [-0.1, -0.05) is 0 Å². The van der Waals surface area contributed by atoms with E-state index in [0.29, 0.717) is 0 Å². The van der Waals surface area contributed by atoms with E-state index in [2.05, 4.69) is 4.74 Å². The molecule has 1 saturated heterocycles. The first kappa shape index (κ1) is 12.3. The molecule has 0 bridgehead atoms.